The van der Waals surface area contributed by atoms with E-state index in [4.69, 9.17) is 14.5 Å². The van der Waals surface area contributed by atoms with Crippen molar-refractivity contribution in [2.24, 2.45) is 5.41 Å². The Bertz CT molecular complexity index is 2060. The van der Waals surface area contributed by atoms with Gasteiger partial charge in [0.2, 0.25) is 5.03 Å². The number of hydrogen-bond acceptors (Lipinski definition) is 10. The van der Waals surface area contributed by atoms with E-state index in [-0.39, 0.29) is 42.5 Å². The summed E-state index contributed by atoms with van der Waals surface area (Å²) < 4.78 is 43.0. The number of esters is 1. The maximum atomic E-state index is 14.0. The van der Waals surface area contributed by atoms with Crippen molar-refractivity contribution in [3.63, 3.8) is 0 Å². The first-order valence-electron chi connectivity index (χ1n) is 16.1. The van der Waals surface area contributed by atoms with E-state index >= 15 is 0 Å². The average molecular weight is 689 g/mol. The predicted octanol–water partition coefficient (Wildman–Crippen LogP) is 6.18. The summed E-state index contributed by atoms with van der Waals surface area (Å²) >= 11 is 1.46. The van der Waals surface area contributed by atoms with Crippen LogP contribution in [0.25, 0.3) is 11.0 Å². The van der Waals surface area contributed by atoms with Crippen LogP contribution in [0, 0.1) is 19.3 Å². The van der Waals surface area contributed by atoms with Gasteiger partial charge in [-0.05, 0) is 75.9 Å². The fourth-order valence-electron chi connectivity index (χ4n) is 6.16. The molecule has 3 aromatic heterocycles. The van der Waals surface area contributed by atoms with Gasteiger partial charge in [0.25, 0.3) is 10.0 Å². The van der Waals surface area contributed by atoms with Crippen LogP contribution in [-0.2, 0) is 39.3 Å². The Morgan fingerprint density at radius 3 is 2.60 bits per heavy atom. The predicted molar refractivity (Wildman–Crippen MR) is 183 cm³/mol. The van der Waals surface area contributed by atoms with Gasteiger partial charge < -0.3 is 9.47 Å². The van der Waals surface area contributed by atoms with Gasteiger partial charge in [-0.3, -0.25) is 4.79 Å². The molecule has 0 saturated heterocycles. The number of pyridine rings is 1. The van der Waals surface area contributed by atoms with Crippen LogP contribution in [0.15, 0.2) is 65.8 Å². The normalized spacial score (nSPS) is 17.0. The van der Waals surface area contributed by atoms with Gasteiger partial charge in [0.15, 0.2) is 5.75 Å². The topological polar surface area (TPSA) is 129 Å². The summed E-state index contributed by atoms with van der Waals surface area (Å²) in [7, 11) is -3.98. The molecule has 2 atom stereocenters. The van der Waals surface area contributed by atoms with Crippen molar-refractivity contribution in [2.75, 3.05) is 6.54 Å². The SMILES string of the molecule is CC[C@@H]1CN(Cc2nc([C@@H](c3ccc4c(nnn4CC)c3C)C(C)(C)C(=O)OCc3ccccc3)sc2C)S(=O)(=O)c2ncccc2O1. The van der Waals surface area contributed by atoms with Crippen LogP contribution in [0.3, 0.4) is 0 Å². The third-order valence-electron chi connectivity index (χ3n) is 9.01. The van der Waals surface area contributed by atoms with Crippen LogP contribution in [0.4, 0.5) is 0 Å². The highest BCUT2D eigenvalue weighted by Crippen LogP contribution is 2.46. The highest BCUT2D eigenvalue weighted by Gasteiger charge is 2.44. The van der Waals surface area contributed by atoms with E-state index in [1.54, 1.807) is 12.1 Å². The molecule has 6 rings (SSSR count). The van der Waals surface area contributed by atoms with Crippen LogP contribution in [0.5, 0.6) is 5.75 Å². The third kappa shape index (κ3) is 6.22. The molecule has 11 nitrogen and oxygen atoms in total. The first-order valence-corrected chi connectivity index (χ1v) is 18.3. The first kappa shape index (κ1) is 33.7. The van der Waals surface area contributed by atoms with E-state index in [0.717, 1.165) is 32.6 Å². The first-order chi connectivity index (χ1) is 22.9. The van der Waals surface area contributed by atoms with Crippen molar-refractivity contribution in [2.45, 2.75) is 84.7 Å². The van der Waals surface area contributed by atoms with Crippen molar-refractivity contribution in [1.82, 2.24) is 29.3 Å². The Balaban J connectivity index is 1.41. The minimum Gasteiger partial charge on any atom is -0.486 e. The van der Waals surface area contributed by atoms with Gasteiger partial charge in [-0.25, -0.2) is 23.1 Å². The van der Waals surface area contributed by atoms with Gasteiger partial charge in [-0.1, -0.05) is 48.5 Å². The number of aryl methyl sites for hydroxylation is 3. The lowest BCUT2D eigenvalue weighted by molar-refractivity contribution is -0.156. The van der Waals surface area contributed by atoms with E-state index < -0.39 is 21.4 Å². The number of aromatic nitrogens is 5. The second-order valence-corrected chi connectivity index (χ2v) is 15.7. The number of rotatable bonds is 10. The van der Waals surface area contributed by atoms with Gasteiger partial charge in [-0.15, -0.1) is 16.4 Å². The molecule has 0 fully saturated rings. The summed E-state index contributed by atoms with van der Waals surface area (Å²) in [5.74, 6) is -0.642. The molecule has 0 unspecified atom stereocenters. The monoisotopic (exact) mass is 688 g/mol. The number of ether oxygens (including phenoxy) is 2. The number of carbonyl (C=O) groups excluding carboxylic acids is 1. The lowest BCUT2D eigenvalue weighted by Gasteiger charge is -2.32. The molecule has 0 N–H and O–H groups in total. The van der Waals surface area contributed by atoms with Gasteiger partial charge in [0.05, 0.1) is 35.6 Å². The molecular formula is C35H40N6O5S2. The zero-order valence-electron chi connectivity index (χ0n) is 28.0. The molecule has 2 aromatic carbocycles. The van der Waals surface area contributed by atoms with E-state index in [1.165, 1.54) is 21.8 Å². The minimum absolute atomic E-state index is 0.0367. The van der Waals surface area contributed by atoms with Crippen LogP contribution in [0.2, 0.25) is 0 Å². The molecule has 0 amide bonds. The number of benzene rings is 2. The smallest absolute Gasteiger partial charge is 0.312 e. The summed E-state index contributed by atoms with van der Waals surface area (Å²) in [5, 5.41) is 9.39. The van der Waals surface area contributed by atoms with E-state index in [1.807, 2.05) is 88.7 Å². The molecule has 5 aromatic rings. The standard InChI is InChI=1S/C35H40N6O5S2/c1-7-25-19-40(48(43,44)33-29(46-25)15-12-18-36-33)20-27-23(4)47-32(37-27)30(26-16-17-28-31(22(26)3)38-39-41(28)8-2)35(5,6)34(42)45-21-24-13-10-9-11-14-24/h9-18,25,30H,7-8,19-21H2,1-6H3/t25-,30-/m1/s1. The lowest BCUT2D eigenvalue weighted by atomic mass is 9.73. The van der Waals surface area contributed by atoms with Crippen LogP contribution in [-0.4, -0.2) is 56.3 Å². The maximum absolute atomic E-state index is 14.0. The van der Waals surface area contributed by atoms with Crippen molar-refractivity contribution in [1.29, 1.82) is 0 Å². The highest BCUT2D eigenvalue weighted by molar-refractivity contribution is 7.89. The van der Waals surface area contributed by atoms with Crippen molar-refractivity contribution < 1.29 is 22.7 Å². The summed E-state index contributed by atoms with van der Waals surface area (Å²) in [4.78, 5) is 24.1. The summed E-state index contributed by atoms with van der Waals surface area (Å²) in [5.41, 5.74) is 3.89. The number of carbonyl (C=O) groups is 1. The third-order valence-corrected chi connectivity index (χ3v) is 11.8. The fourth-order valence-corrected chi connectivity index (χ4v) is 8.86. The second kappa shape index (κ2) is 13.4. The second-order valence-electron chi connectivity index (χ2n) is 12.6. The van der Waals surface area contributed by atoms with E-state index in [2.05, 4.69) is 15.3 Å². The van der Waals surface area contributed by atoms with Crippen molar-refractivity contribution in [3.05, 3.63) is 93.1 Å². The quantitative estimate of drug-likeness (QED) is 0.158. The van der Waals surface area contributed by atoms with E-state index in [9.17, 15) is 13.2 Å². The number of nitrogens with zero attached hydrogens (tertiary/aromatic N) is 6. The molecule has 252 valence electrons. The Hall–Kier alpha value is -4.20. The molecule has 4 heterocycles. The molecule has 48 heavy (non-hydrogen) atoms. The van der Waals surface area contributed by atoms with Gasteiger partial charge in [-0.2, -0.15) is 4.31 Å². The lowest BCUT2D eigenvalue weighted by Crippen LogP contribution is -2.37. The Morgan fingerprint density at radius 2 is 1.88 bits per heavy atom. The van der Waals surface area contributed by atoms with Crippen LogP contribution >= 0.6 is 11.3 Å². The van der Waals surface area contributed by atoms with E-state index in [0.29, 0.717) is 23.7 Å². The maximum Gasteiger partial charge on any atom is 0.312 e. The molecule has 0 spiro atoms. The number of sulfonamides is 1. The molecule has 1 aliphatic rings. The van der Waals surface area contributed by atoms with Crippen molar-refractivity contribution >= 4 is 38.4 Å². The summed E-state index contributed by atoms with van der Waals surface area (Å²) in [6.07, 6.45) is 1.73. The zero-order chi connectivity index (χ0) is 34.2. The summed E-state index contributed by atoms with van der Waals surface area (Å²) in [6, 6.07) is 16.9. The number of hydrogen-bond donors (Lipinski definition) is 0. The van der Waals surface area contributed by atoms with Crippen LogP contribution < -0.4 is 4.74 Å². The van der Waals surface area contributed by atoms with Gasteiger partial charge in [0, 0.05) is 17.6 Å². The Morgan fingerprint density at radius 1 is 1.10 bits per heavy atom. The fraction of sp³-hybridized carbons (Fsp3) is 0.400. The minimum atomic E-state index is -3.98. The van der Waals surface area contributed by atoms with Gasteiger partial charge in [0.1, 0.15) is 23.2 Å². The number of fused-ring (bicyclic) bond motifs is 2. The Kier molecular flexibility index (Phi) is 9.38. The molecule has 1 aliphatic heterocycles. The molecule has 0 saturated carbocycles. The average Bonchev–Trinajstić information content (AvgIpc) is 3.64. The zero-order valence-corrected chi connectivity index (χ0v) is 29.6. The van der Waals surface area contributed by atoms with Gasteiger partial charge >= 0.3 is 5.97 Å². The molecule has 13 heteroatoms. The van der Waals surface area contributed by atoms with Crippen molar-refractivity contribution in [3.8, 4) is 5.75 Å². The van der Waals surface area contributed by atoms with Crippen LogP contribution in [0.1, 0.15) is 72.3 Å². The Labute approximate surface area is 285 Å². The molecular weight excluding hydrogens is 649 g/mol. The highest BCUT2D eigenvalue weighted by atomic mass is 32.2. The molecule has 0 bridgehead atoms. The summed E-state index contributed by atoms with van der Waals surface area (Å²) in [6.45, 7) is 12.7. The molecule has 0 radical (unpaired) electrons. The largest absolute Gasteiger partial charge is 0.486 e. The number of thiazole rings is 1. The molecule has 0 aliphatic carbocycles.